The van der Waals surface area contributed by atoms with E-state index in [2.05, 4.69) is 20.3 Å². The van der Waals surface area contributed by atoms with E-state index in [-0.39, 0.29) is 24.0 Å². The number of allylic oxidation sites excluding steroid dienone is 1. The standard InChI is InChI=1S/C24H18FN5.C19H13F3N4O2/c1-16-7-10-19(11-8-16)27-20-13-14-26-24(28-20)23-22(17-5-3-2-4-6-17)29-21-12-9-18(25)15-30(21)23;20-19(21,22)17-16(26-8-2-1-4-15(26)24-17)18-23-7-3-9-25(18)12-5-6-13-14(10-12)28-11-27-13/h2-15H,1H3,(H,26,27,28);1-10,18H,11H2. The lowest BCUT2D eigenvalue weighted by Crippen LogP contribution is -2.27. The Hall–Kier alpha value is -7.55. The molecule has 10 rings (SSSR count). The van der Waals surface area contributed by atoms with Crippen LogP contribution in [0.2, 0.25) is 0 Å². The number of pyridine rings is 2. The zero-order chi connectivity index (χ0) is 39.8. The Morgan fingerprint density at radius 3 is 2.41 bits per heavy atom. The van der Waals surface area contributed by atoms with Gasteiger partial charge in [0, 0.05) is 54.0 Å². The lowest BCUT2D eigenvalue weighted by Gasteiger charge is -2.30. The van der Waals surface area contributed by atoms with Crippen molar-refractivity contribution in [2.45, 2.75) is 19.3 Å². The SMILES string of the molecule is Cc1ccc(Nc2ccnc(-c3c(-c4ccccc4)nc4ccc(F)cn34)n2)cc1.FC(F)(F)c1nc2ccccn2c1C1N=CC=CN1c1ccc2c(c1)OCO2. The highest BCUT2D eigenvalue weighted by Crippen LogP contribution is 2.42. The highest BCUT2D eigenvalue weighted by molar-refractivity contribution is 5.80. The third-order valence-electron chi connectivity index (χ3n) is 9.38. The number of ether oxygens (including phenoxy) is 2. The highest BCUT2D eigenvalue weighted by atomic mass is 19.4. The molecule has 7 heterocycles. The molecule has 0 saturated heterocycles. The number of aromatic nitrogens is 6. The van der Waals surface area contributed by atoms with Gasteiger partial charge < -0.3 is 19.7 Å². The maximum Gasteiger partial charge on any atom is 0.435 e. The molecule has 0 aliphatic carbocycles. The van der Waals surface area contributed by atoms with Crippen LogP contribution >= 0.6 is 0 Å². The zero-order valence-electron chi connectivity index (χ0n) is 30.5. The van der Waals surface area contributed by atoms with E-state index >= 15 is 0 Å². The lowest BCUT2D eigenvalue weighted by molar-refractivity contribution is -0.141. The number of anilines is 3. The van der Waals surface area contributed by atoms with Gasteiger partial charge >= 0.3 is 6.18 Å². The molecule has 1 atom stereocenters. The number of aliphatic imine (C=N–C) groups is 1. The van der Waals surface area contributed by atoms with Crippen LogP contribution in [0.15, 0.2) is 145 Å². The Kier molecular flexibility index (Phi) is 9.24. The average Bonchev–Trinajstić information content (AvgIpc) is 3.98. The van der Waals surface area contributed by atoms with Gasteiger partial charge in [-0.1, -0.05) is 54.1 Å². The van der Waals surface area contributed by atoms with E-state index in [0.29, 0.717) is 45.9 Å². The minimum Gasteiger partial charge on any atom is -0.454 e. The van der Waals surface area contributed by atoms with E-state index in [0.717, 1.165) is 11.3 Å². The van der Waals surface area contributed by atoms with E-state index in [4.69, 9.17) is 19.4 Å². The quantitative estimate of drug-likeness (QED) is 0.166. The van der Waals surface area contributed by atoms with Crippen molar-refractivity contribution in [3.63, 3.8) is 0 Å². The van der Waals surface area contributed by atoms with Crippen molar-refractivity contribution in [1.29, 1.82) is 0 Å². The summed E-state index contributed by atoms with van der Waals surface area (Å²) in [6, 6.07) is 32.7. The maximum absolute atomic E-state index is 14.0. The van der Waals surface area contributed by atoms with Crippen LogP contribution in [0.5, 0.6) is 11.5 Å². The molecular formula is C43H31F4N9O2. The van der Waals surface area contributed by atoms with Crippen molar-refractivity contribution in [2.24, 2.45) is 4.99 Å². The molecular weight excluding hydrogens is 751 g/mol. The predicted molar refractivity (Wildman–Crippen MR) is 212 cm³/mol. The van der Waals surface area contributed by atoms with E-state index < -0.39 is 18.0 Å². The van der Waals surface area contributed by atoms with Gasteiger partial charge in [0.1, 0.15) is 40.0 Å². The molecule has 0 fully saturated rings. The third kappa shape index (κ3) is 7.04. The molecule has 11 nitrogen and oxygen atoms in total. The number of hydrogen-bond donors (Lipinski definition) is 1. The van der Waals surface area contributed by atoms with Crippen LogP contribution < -0.4 is 19.7 Å². The maximum atomic E-state index is 14.0. The van der Waals surface area contributed by atoms with Gasteiger partial charge in [-0.25, -0.2) is 24.3 Å². The molecule has 0 radical (unpaired) electrons. The number of aryl methyl sites for hydroxylation is 1. The zero-order valence-corrected chi connectivity index (χ0v) is 30.5. The van der Waals surface area contributed by atoms with Crippen LogP contribution in [-0.4, -0.2) is 41.7 Å². The summed E-state index contributed by atoms with van der Waals surface area (Å²) in [5.74, 6) is 1.89. The minimum absolute atomic E-state index is 0.0543. The number of nitrogens with zero attached hydrogens (tertiary/aromatic N) is 8. The van der Waals surface area contributed by atoms with E-state index in [1.54, 1.807) is 76.4 Å². The van der Waals surface area contributed by atoms with Gasteiger partial charge in [-0.2, -0.15) is 13.2 Å². The predicted octanol–water partition coefficient (Wildman–Crippen LogP) is 9.83. The Bertz CT molecular complexity index is 2840. The Morgan fingerprint density at radius 2 is 1.59 bits per heavy atom. The summed E-state index contributed by atoms with van der Waals surface area (Å²) in [5.41, 5.74) is 4.83. The van der Waals surface area contributed by atoms with Gasteiger partial charge in [0.15, 0.2) is 29.2 Å². The number of alkyl halides is 3. The van der Waals surface area contributed by atoms with Crippen LogP contribution in [0, 0.1) is 12.7 Å². The van der Waals surface area contributed by atoms with Crippen LogP contribution in [-0.2, 0) is 6.18 Å². The average molecular weight is 782 g/mol. The van der Waals surface area contributed by atoms with Crippen LogP contribution in [0.1, 0.15) is 23.1 Å². The first-order valence-electron chi connectivity index (χ1n) is 18.0. The first kappa shape index (κ1) is 36.1. The van der Waals surface area contributed by atoms with Crippen molar-refractivity contribution >= 4 is 34.7 Å². The number of hydrogen-bond acceptors (Lipinski definition) is 9. The summed E-state index contributed by atoms with van der Waals surface area (Å²) in [4.78, 5) is 23.7. The summed E-state index contributed by atoms with van der Waals surface area (Å²) in [7, 11) is 0. The fourth-order valence-corrected chi connectivity index (χ4v) is 6.72. The molecule has 2 aliphatic heterocycles. The Morgan fingerprint density at radius 1 is 0.793 bits per heavy atom. The van der Waals surface area contributed by atoms with Crippen LogP contribution in [0.4, 0.5) is 34.8 Å². The number of nitrogens with one attached hydrogen (secondary N) is 1. The van der Waals surface area contributed by atoms with E-state index in [9.17, 15) is 17.6 Å². The molecule has 3 aromatic carbocycles. The van der Waals surface area contributed by atoms with Gasteiger partial charge in [0.2, 0.25) is 6.79 Å². The second kappa shape index (κ2) is 14.8. The second-order valence-electron chi connectivity index (χ2n) is 13.2. The molecule has 0 spiro atoms. The number of fused-ring (bicyclic) bond motifs is 3. The largest absolute Gasteiger partial charge is 0.454 e. The normalized spacial score (nSPS) is 14.5. The first-order valence-corrected chi connectivity index (χ1v) is 18.0. The number of halogens is 4. The van der Waals surface area contributed by atoms with Crippen molar-refractivity contribution in [3.05, 3.63) is 163 Å². The van der Waals surface area contributed by atoms with E-state index in [1.165, 1.54) is 34.5 Å². The molecule has 288 valence electrons. The van der Waals surface area contributed by atoms with Gasteiger partial charge in [0.05, 0.1) is 0 Å². The summed E-state index contributed by atoms with van der Waals surface area (Å²) >= 11 is 0. The van der Waals surface area contributed by atoms with Crippen LogP contribution in [0.3, 0.4) is 0 Å². The van der Waals surface area contributed by atoms with Crippen molar-refractivity contribution < 1.29 is 27.0 Å². The molecule has 0 amide bonds. The fraction of sp³-hybridized carbons (Fsp3) is 0.0930. The van der Waals surface area contributed by atoms with Gasteiger partial charge in [-0.15, -0.1) is 0 Å². The third-order valence-corrected chi connectivity index (χ3v) is 9.38. The van der Waals surface area contributed by atoms with Gasteiger partial charge in [0.25, 0.3) is 0 Å². The van der Waals surface area contributed by atoms with Gasteiger partial charge in [-0.05, 0) is 67.6 Å². The highest BCUT2D eigenvalue weighted by Gasteiger charge is 2.41. The lowest BCUT2D eigenvalue weighted by atomic mass is 10.1. The molecule has 15 heteroatoms. The number of benzene rings is 3. The van der Waals surface area contributed by atoms with E-state index in [1.807, 2.05) is 61.5 Å². The second-order valence-corrected chi connectivity index (χ2v) is 13.2. The summed E-state index contributed by atoms with van der Waals surface area (Å²) in [5, 5.41) is 3.30. The summed E-state index contributed by atoms with van der Waals surface area (Å²) in [6.07, 6.45) is 3.92. The molecule has 2 aliphatic rings. The topological polar surface area (TPSA) is 106 Å². The molecule has 5 aromatic heterocycles. The molecule has 58 heavy (non-hydrogen) atoms. The Balaban J connectivity index is 0.000000151. The fourth-order valence-electron chi connectivity index (χ4n) is 6.72. The minimum atomic E-state index is -4.61. The molecule has 0 saturated carbocycles. The summed E-state index contributed by atoms with van der Waals surface area (Å²) in [6.45, 7) is 2.16. The number of rotatable bonds is 6. The number of imidazole rings is 2. The molecule has 1 unspecified atom stereocenters. The molecule has 8 aromatic rings. The monoisotopic (exact) mass is 781 g/mol. The van der Waals surface area contributed by atoms with Crippen LogP contribution in [0.25, 0.3) is 34.1 Å². The van der Waals surface area contributed by atoms with Crippen molar-refractivity contribution in [2.75, 3.05) is 17.0 Å². The first-order chi connectivity index (χ1) is 28.2. The summed E-state index contributed by atoms with van der Waals surface area (Å²) < 4.78 is 69.1. The molecule has 1 N–H and O–H groups in total. The van der Waals surface area contributed by atoms with Crippen molar-refractivity contribution in [1.82, 2.24) is 28.7 Å². The smallest absolute Gasteiger partial charge is 0.435 e. The Labute approximate surface area is 328 Å². The van der Waals surface area contributed by atoms with Gasteiger partial charge in [-0.3, -0.25) is 13.8 Å². The van der Waals surface area contributed by atoms with Crippen molar-refractivity contribution in [3.8, 4) is 34.3 Å². The molecule has 0 bridgehead atoms.